The van der Waals surface area contributed by atoms with Crippen molar-refractivity contribution in [3.63, 3.8) is 0 Å². The predicted molar refractivity (Wildman–Crippen MR) is 117 cm³/mol. The van der Waals surface area contributed by atoms with E-state index >= 15 is 0 Å². The molecule has 9 nitrogen and oxygen atoms in total. The largest absolute Gasteiger partial charge is 0.489 e. The summed E-state index contributed by atoms with van der Waals surface area (Å²) in [5.74, 6) is -2.46. The SMILES string of the molecule is Cc1cc(C(=O)NCC(O)(c2cc3c(c(-c4ccc(F)cc4)n2)OC[C@]3(C)C(N)=O)C(F)(F)F)n[nH]1. The first-order valence-electron chi connectivity index (χ1n) is 10.6. The van der Waals surface area contributed by atoms with E-state index in [-0.39, 0.29) is 34.9 Å². The standard InChI is InChI=1S/C23H21F4N5O4/c1-11-7-15(32-31-11)19(33)29-9-22(35,23(25,26)27)16-8-14-18(36-10-21(14,2)20(28)34)17(30-16)12-3-5-13(24)6-4-12/h3-8,35H,9-10H2,1-2H3,(H2,28,34)(H,29,33)(H,31,32)/t21-,22?/m0/s1. The van der Waals surface area contributed by atoms with Gasteiger partial charge < -0.3 is 20.9 Å². The molecule has 3 aromatic rings. The van der Waals surface area contributed by atoms with Crippen LogP contribution in [0.15, 0.2) is 36.4 Å². The van der Waals surface area contributed by atoms with Gasteiger partial charge in [0.15, 0.2) is 0 Å². The molecule has 1 aliphatic heterocycles. The molecule has 190 valence electrons. The molecule has 0 radical (unpaired) electrons. The van der Waals surface area contributed by atoms with Crippen LogP contribution in [0.25, 0.3) is 11.3 Å². The molecule has 5 N–H and O–H groups in total. The predicted octanol–water partition coefficient (Wildman–Crippen LogP) is 2.23. The van der Waals surface area contributed by atoms with Crippen molar-refractivity contribution in [1.82, 2.24) is 20.5 Å². The van der Waals surface area contributed by atoms with E-state index < -0.39 is 47.1 Å². The summed E-state index contributed by atoms with van der Waals surface area (Å²) in [6.07, 6.45) is -5.31. The Kier molecular flexibility index (Phi) is 5.99. The molecule has 0 aliphatic carbocycles. The number of rotatable bonds is 6. The smallest absolute Gasteiger partial charge is 0.424 e. The van der Waals surface area contributed by atoms with Crippen molar-refractivity contribution >= 4 is 11.8 Å². The van der Waals surface area contributed by atoms with Crippen molar-refractivity contribution in [2.75, 3.05) is 13.2 Å². The van der Waals surface area contributed by atoms with E-state index in [2.05, 4.69) is 15.2 Å². The number of aromatic amines is 1. The molecule has 0 saturated heterocycles. The van der Waals surface area contributed by atoms with E-state index in [4.69, 9.17) is 10.5 Å². The zero-order valence-electron chi connectivity index (χ0n) is 19.0. The van der Waals surface area contributed by atoms with Gasteiger partial charge in [-0.2, -0.15) is 18.3 Å². The fraction of sp³-hybridized carbons (Fsp3) is 0.304. The lowest BCUT2D eigenvalue weighted by Gasteiger charge is -2.31. The molecular formula is C23H21F4N5O4. The molecule has 2 aromatic heterocycles. The number of pyridine rings is 1. The van der Waals surface area contributed by atoms with Gasteiger partial charge in [0.05, 0.1) is 12.2 Å². The van der Waals surface area contributed by atoms with Gasteiger partial charge in [-0.1, -0.05) is 0 Å². The van der Waals surface area contributed by atoms with E-state index in [0.717, 1.165) is 18.2 Å². The lowest BCUT2D eigenvalue weighted by Crippen LogP contribution is -2.52. The van der Waals surface area contributed by atoms with Crippen molar-refractivity contribution in [3.05, 3.63) is 64.9 Å². The van der Waals surface area contributed by atoms with Crippen LogP contribution < -0.4 is 15.8 Å². The van der Waals surface area contributed by atoms with Crippen LogP contribution in [0.3, 0.4) is 0 Å². The van der Waals surface area contributed by atoms with Gasteiger partial charge in [-0.05, 0) is 50.2 Å². The van der Waals surface area contributed by atoms with Crippen molar-refractivity contribution in [3.8, 4) is 17.0 Å². The van der Waals surface area contributed by atoms with Crippen molar-refractivity contribution in [2.45, 2.75) is 31.0 Å². The number of fused-ring (bicyclic) bond motifs is 1. The summed E-state index contributed by atoms with van der Waals surface area (Å²) in [4.78, 5) is 28.6. The summed E-state index contributed by atoms with van der Waals surface area (Å²) >= 11 is 0. The zero-order valence-corrected chi connectivity index (χ0v) is 19.0. The maximum absolute atomic E-state index is 14.3. The maximum Gasteiger partial charge on any atom is 0.424 e. The Morgan fingerprint density at radius 1 is 1.25 bits per heavy atom. The molecular weight excluding hydrogens is 486 g/mol. The summed E-state index contributed by atoms with van der Waals surface area (Å²) in [5, 5.41) is 19.1. The minimum atomic E-state index is -5.31. The number of nitrogens with zero attached hydrogens (tertiary/aromatic N) is 2. The number of nitrogens with one attached hydrogen (secondary N) is 2. The molecule has 0 saturated carbocycles. The summed E-state index contributed by atoms with van der Waals surface area (Å²) in [6.45, 7) is 1.38. The van der Waals surface area contributed by atoms with E-state index in [1.807, 2.05) is 5.32 Å². The molecule has 2 amide bonds. The summed E-state index contributed by atoms with van der Waals surface area (Å²) in [5.41, 5.74) is -0.310. The lowest BCUT2D eigenvalue weighted by atomic mass is 9.81. The number of aromatic nitrogens is 3. The van der Waals surface area contributed by atoms with E-state index in [9.17, 15) is 32.3 Å². The third-order valence-electron chi connectivity index (χ3n) is 6.07. The normalized spacial score (nSPS) is 18.8. The highest BCUT2D eigenvalue weighted by molar-refractivity contribution is 5.92. The second-order valence-electron chi connectivity index (χ2n) is 8.70. The number of benzene rings is 1. The number of amides is 2. The van der Waals surface area contributed by atoms with E-state index in [0.29, 0.717) is 5.69 Å². The van der Waals surface area contributed by atoms with Crippen molar-refractivity contribution < 1.29 is 37.0 Å². The molecule has 0 spiro atoms. The lowest BCUT2D eigenvalue weighted by molar-refractivity contribution is -0.265. The molecule has 3 heterocycles. The first-order valence-corrected chi connectivity index (χ1v) is 10.6. The minimum absolute atomic E-state index is 0.0211. The monoisotopic (exact) mass is 507 g/mol. The number of hydrogen-bond acceptors (Lipinski definition) is 6. The third kappa shape index (κ3) is 4.15. The summed E-state index contributed by atoms with van der Waals surface area (Å²) in [7, 11) is 0. The van der Waals surface area contributed by atoms with Crippen molar-refractivity contribution in [2.24, 2.45) is 5.73 Å². The number of carbonyl (C=O) groups is 2. The number of nitrogens with two attached hydrogens (primary N) is 1. The number of aliphatic hydroxyl groups is 1. The van der Waals surface area contributed by atoms with Gasteiger partial charge in [-0.3, -0.25) is 14.7 Å². The first kappa shape index (κ1) is 25.1. The van der Waals surface area contributed by atoms with Crippen LogP contribution in [0, 0.1) is 12.7 Å². The molecule has 36 heavy (non-hydrogen) atoms. The minimum Gasteiger partial charge on any atom is -0.489 e. The number of carbonyl (C=O) groups excluding carboxylic acids is 2. The number of primary amides is 1. The van der Waals surface area contributed by atoms with Gasteiger partial charge in [0.25, 0.3) is 5.91 Å². The van der Waals surface area contributed by atoms with Gasteiger partial charge in [0.1, 0.15) is 35.0 Å². The highest BCUT2D eigenvalue weighted by Gasteiger charge is 2.57. The number of hydrogen-bond donors (Lipinski definition) is 4. The van der Waals surface area contributed by atoms with Crippen LogP contribution in [-0.2, 0) is 15.8 Å². The van der Waals surface area contributed by atoms with Crippen molar-refractivity contribution in [1.29, 1.82) is 0 Å². The molecule has 1 aromatic carbocycles. The van der Waals surface area contributed by atoms with E-state index in [1.165, 1.54) is 25.1 Å². The zero-order chi connectivity index (χ0) is 26.5. The number of aryl methyl sites for hydroxylation is 1. The molecule has 2 atom stereocenters. The van der Waals surface area contributed by atoms with Gasteiger partial charge >= 0.3 is 6.18 Å². The van der Waals surface area contributed by atoms with Crippen LogP contribution in [-0.4, -0.2) is 51.4 Å². The fourth-order valence-electron chi connectivity index (χ4n) is 3.77. The van der Waals surface area contributed by atoms with Gasteiger partial charge in [0.2, 0.25) is 11.5 Å². The Labute approximate surface area is 201 Å². The highest BCUT2D eigenvalue weighted by atomic mass is 19.4. The Hall–Kier alpha value is -4.00. The number of H-pyrrole nitrogens is 1. The molecule has 4 rings (SSSR count). The molecule has 0 fully saturated rings. The first-order chi connectivity index (χ1) is 16.8. The van der Waals surface area contributed by atoms with Crippen LogP contribution in [0.1, 0.15) is 34.4 Å². The summed E-state index contributed by atoms with van der Waals surface area (Å²) in [6, 6.07) is 6.87. The topological polar surface area (TPSA) is 143 Å². The van der Waals surface area contributed by atoms with Crippen LogP contribution in [0.4, 0.5) is 17.6 Å². The average Bonchev–Trinajstić information content (AvgIpc) is 3.41. The van der Waals surface area contributed by atoms with Gasteiger partial charge in [-0.25, -0.2) is 9.37 Å². The third-order valence-corrected chi connectivity index (χ3v) is 6.07. The van der Waals surface area contributed by atoms with Crippen LogP contribution in [0.5, 0.6) is 5.75 Å². The van der Waals surface area contributed by atoms with Crippen LogP contribution >= 0.6 is 0 Å². The summed E-state index contributed by atoms with van der Waals surface area (Å²) < 4.78 is 62.0. The Balaban J connectivity index is 1.86. The highest BCUT2D eigenvalue weighted by Crippen LogP contribution is 2.47. The number of alkyl halides is 3. The maximum atomic E-state index is 14.3. The Bertz CT molecular complexity index is 1340. The number of halogens is 4. The second-order valence-corrected chi connectivity index (χ2v) is 8.70. The fourth-order valence-corrected chi connectivity index (χ4v) is 3.77. The molecule has 1 unspecified atom stereocenters. The molecule has 1 aliphatic rings. The van der Waals surface area contributed by atoms with E-state index in [1.54, 1.807) is 6.92 Å². The van der Waals surface area contributed by atoms with Gasteiger partial charge in [0, 0.05) is 16.8 Å². The number of ether oxygens (including phenoxy) is 1. The molecule has 0 bridgehead atoms. The molecule has 13 heteroatoms. The second kappa shape index (κ2) is 8.59. The quantitative estimate of drug-likeness (QED) is 0.377. The Morgan fingerprint density at radius 3 is 2.47 bits per heavy atom. The van der Waals surface area contributed by atoms with Gasteiger partial charge in [-0.15, -0.1) is 0 Å². The Morgan fingerprint density at radius 2 is 1.92 bits per heavy atom. The average molecular weight is 507 g/mol. The van der Waals surface area contributed by atoms with Crippen LogP contribution in [0.2, 0.25) is 0 Å².